The zero-order valence-corrected chi connectivity index (χ0v) is 15.6. The third kappa shape index (κ3) is 4.09. The summed E-state index contributed by atoms with van der Waals surface area (Å²) in [5.41, 5.74) is 1.58. The molecule has 2 amide bonds. The lowest BCUT2D eigenvalue weighted by Crippen LogP contribution is -2.49. The molecule has 0 saturated carbocycles. The Bertz CT molecular complexity index is 881. The smallest absolute Gasteiger partial charge is 0.299 e. The fourth-order valence-electron chi connectivity index (χ4n) is 2.99. The van der Waals surface area contributed by atoms with Crippen molar-refractivity contribution in [3.8, 4) is 22.4 Å². The maximum Gasteiger partial charge on any atom is 0.299 e. The number of hydrogen-bond acceptors (Lipinski definition) is 5. The Hall–Kier alpha value is -2.72. The number of carbonyl (C=O) groups is 2. The van der Waals surface area contributed by atoms with Gasteiger partial charge in [-0.3, -0.25) is 9.59 Å². The highest BCUT2D eigenvalue weighted by Gasteiger charge is 2.31. The van der Waals surface area contributed by atoms with Crippen LogP contribution in [0.3, 0.4) is 0 Å². The van der Waals surface area contributed by atoms with Crippen molar-refractivity contribution in [1.82, 2.24) is 15.1 Å². The minimum Gasteiger partial charge on any atom is -0.324 e. The van der Waals surface area contributed by atoms with Crippen molar-refractivity contribution in [2.24, 2.45) is 0 Å². The first kappa shape index (κ1) is 18.1. The van der Waals surface area contributed by atoms with E-state index in [-0.39, 0.29) is 11.8 Å². The maximum absolute atomic E-state index is 12.8. The quantitative estimate of drug-likeness (QED) is 0.846. The molecule has 1 aliphatic heterocycles. The molecular formula is C19H20N4O2S. The summed E-state index contributed by atoms with van der Waals surface area (Å²) in [6, 6.07) is 7.02. The van der Waals surface area contributed by atoms with Crippen molar-refractivity contribution >= 4 is 28.8 Å². The molecule has 2 heterocycles. The summed E-state index contributed by atoms with van der Waals surface area (Å²) in [6.45, 7) is 4.09. The topological polar surface area (TPSA) is 75.2 Å². The van der Waals surface area contributed by atoms with Crippen LogP contribution in [0.1, 0.15) is 31.2 Å². The Morgan fingerprint density at radius 3 is 2.88 bits per heavy atom. The van der Waals surface area contributed by atoms with Crippen molar-refractivity contribution in [1.29, 1.82) is 0 Å². The molecule has 1 aliphatic rings. The number of nitrogens with zero attached hydrogens (tertiary/aromatic N) is 3. The molecule has 7 heteroatoms. The number of likely N-dealkylation sites (tertiary alicyclic amines) is 1. The molecule has 0 bridgehead atoms. The fraction of sp³-hybridized carbons (Fsp3) is 0.368. The van der Waals surface area contributed by atoms with Gasteiger partial charge in [-0.15, -0.1) is 10.2 Å². The summed E-state index contributed by atoms with van der Waals surface area (Å²) < 4.78 is 0. The monoisotopic (exact) mass is 368 g/mol. The van der Waals surface area contributed by atoms with E-state index in [1.165, 1.54) is 11.3 Å². The number of aromatic nitrogens is 2. The van der Waals surface area contributed by atoms with E-state index < -0.39 is 6.04 Å². The van der Waals surface area contributed by atoms with Gasteiger partial charge in [-0.25, -0.2) is 0 Å². The van der Waals surface area contributed by atoms with Gasteiger partial charge in [0.05, 0.1) is 0 Å². The molecule has 0 radical (unpaired) electrons. The highest BCUT2D eigenvalue weighted by molar-refractivity contribution is 7.14. The van der Waals surface area contributed by atoms with Gasteiger partial charge in [0.25, 0.3) is 5.91 Å². The Morgan fingerprint density at radius 2 is 2.15 bits per heavy atom. The molecule has 3 rings (SSSR count). The average Bonchev–Trinajstić information content (AvgIpc) is 3.08. The summed E-state index contributed by atoms with van der Waals surface area (Å²) in [7, 11) is 0. The first-order valence-electron chi connectivity index (χ1n) is 8.53. The molecule has 2 aromatic rings. The van der Waals surface area contributed by atoms with Gasteiger partial charge in [-0.05, 0) is 51.2 Å². The molecule has 1 aromatic carbocycles. The van der Waals surface area contributed by atoms with Gasteiger partial charge in [-0.2, -0.15) is 0 Å². The first-order valence-corrected chi connectivity index (χ1v) is 9.35. The van der Waals surface area contributed by atoms with Crippen LogP contribution in [0.15, 0.2) is 24.3 Å². The third-order valence-corrected chi connectivity index (χ3v) is 5.09. The predicted molar refractivity (Wildman–Crippen MR) is 102 cm³/mol. The lowest BCUT2D eigenvalue weighted by atomic mass is 10.0. The van der Waals surface area contributed by atoms with E-state index in [1.54, 1.807) is 11.8 Å². The minimum atomic E-state index is -0.482. The Kier molecular flexibility index (Phi) is 5.64. The Balaban J connectivity index is 1.76. The van der Waals surface area contributed by atoms with E-state index in [9.17, 15) is 9.59 Å². The zero-order valence-electron chi connectivity index (χ0n) is 14.8. The number of rotatable bonds is 3. The van der Waals surface area contributed by atoms with Gasteiger partial charge >= 0.3 is 0 Å². The number of carbonyl (C=O) groups excluding carboxylic acids is 2. The second-order valence-corrected chi connectivity index (χ2v) is 7.26. The molecule has 1 fully saturated rings. The van der Waals surface area contributed by atoms with Gasteiger partial charge in [0, 0.05) is 17.8 Å². The van der Waals surface area contributed by atoms with E-state index >= 15 is 0 Å². The molecular weight excluding hydrogens is 348 g/mol. The summed E-state index contributed by atoms with van der Waals surface area (Å²) in [5, 5.41) is 12.8. The Morgan fingerprint density at radius 1 is 1.31 bits per heavy atom. The van der Waals surface area contributed by atoms with E-state index in [4.69, 9.17) is 0 Å². The summed E-state index contributed by atoms with van der Waals surface area (Å²) in [4.78, 5) is 26.5. The predicted octanol–water partition coefficient (Wildman–Crippen LogP) is 2.86. The van der Waals surface area contributed by atoms with Crippen LogP contribution < -0.4 is 5.32 Å². The number of benzene rings is 1. The number of hydrogen-bond donors (Lipinski definition) is 1. The largest absolute Gasteiger partial charge is 0.324 e. The van der Waals surface area contributed by atoms with Crippen LogP contribution in [-0.4, -0.2) is 39.5 Å². The van der Waals surface area contributed by atoms with Gasteiger partial charge < -0.3 is 10.2 Å². The molecule has 1 atom stereocenters. The van der Waals surface area contributed by atoms with Crippen LogP contribution in [0.4, 0.5) is 5.69 Å². The SMILES string of the molecule is CC#CC(=O)N1CCCCC1C(=O)Nc1cccc(-c2nnc(C)s2)c1. The summed E-state index contributed by atoms with van der Waals surface area (Å²) in [5.74, 6) is 4.69. The van der Waals surface area contributed by atoms with E-state index in [2.05, 4.69) is 27.4 Å². The van der Waals surface area contributed by atoms with Gasteiger partial charge in [0.1, 0.15) is 16.1 Å². The number of amides is 2. The van der Waals surface area contributed by atoms with Crippen LogP contribution in [-0.2, 0) is 9.59 Å². The number of anilines is 1. The lowest BCUT2D eigenvalue weighted by Gasteiger charge is -2.33. The molecule has 134 valence electrons. The highest BCUT2D eigenvalue weighted by Crippen LogP contribution is 2.26. The van der Waals surface area contributed by atoms with E-state index in [0.717, 1.165) is 28.4 Å². The minimum absolute atomic E-state index is 0.179. The standard InChI is InChI=1S/C19H20N4O2S/c1-3-7-17(24)23-11-5-4-10-16(23)18(25)20-15-9-6-8-14(12-15)19-22-21-13(2)26-19/h6,8-9,12,16H,4-5,10-11H2,1-2H3,(H,20,25). The van der Waals surface area contributed by atoms with E-state index in [1.807, 2.05) is 31.2 Å². The second kappa shape index (κ2) is 8.11. The third-order valence-electron chi connectivity index (χ3n) is 4.20. The van der Waals surface area contributed by atoms with Crippen LogP contribution in [0.5, 0.6) is 0 Å². The van der Waals surface area contributed by atoms with Crippen molar-refractivity contribution in [3.05, 3.63) is 29.3 Å². The van der Waals surface area contributed by atoms with Crippen molar-refractivity contribution in [2.75, 3.05) is 11.9 Å². The van der Waals surface area contributed by atoms with Gasteiger partial charge in [0.15, 0.2) is 0 Å². The molecule has 0 spiro atoms. The number of aryl methyl sites for hydroxylation is 1. The van der Waals surface area contributed by atoms with Crippen LogP contribution in [0, 0.1) is 18.8 Å². The Labute approximate surface area is 156 Å². The van der Waals surface area contributed by atoms with Gasteiger partial charge in [0.2, 0.25) is 5.91 Å². The maximum atomic E-state index is 12.8. The van der Waals surface area contributed by atoms with Crippen molar-refractivity contribution < 1.29 is 9.59 Å². The van der Waals surface area contributed by atoms with Crippen molar-refractivity contribution in [2.45, 2.75) is 39.2 Å². The summed E-state index contributed by atoms with van der Waals surface area (Å²) >= 11 is 1.50. The van der Waals surface area contributed by atoms with Crippen molar-refractivity contribution in [3.63, 3.8) is 0 Å². The van der Waals surface area contributed by atoms with Crippen LogP contribution in [0.2, 0.25) is 0 Å². The van der Waals surface area contributed by atoms with Crippen LogP contribution in [0.25, 0.3) is 10.6 Å². The summed E-state index contributed by atoms with van der Waals surface area (Å²) in [6.07, 6.45) is 2.47. The molecule has 1 unspecified atom stereocenters. The first-order chi connectivity index (χ1) is 12.6. The second-order valence-electron chi connectivity index (χ2n) is 6.08. The molecule has 1 aromatic heterocycles. The molecule has 0 aliphatic carbocycles. The molecule has 1 saturated heterocycles. The highest BCUT2D eigenvalue weighted by atomic mass is 32.1. The molecule has 1 N–H and O–H groups in total. The molecule has 6 nitrogen and oxygen atoms in total. The fourth-order valence-corrected chi connectivity index (χ4v) is 3.68. The number of nitrogens with one attached hydrogen (secondary N) is 1. The van der Waals surface area contributed by atoms with Crippen LogP contribution >= 0.6 is 11.3 Å². The average molecular weight is 368 g/mol. The normalized spacial score (nSPS) is 16.5. The lowest BCUT2D eigenvalue weighted by molar-refractivity contribution is -0.135. The number of piperidine rings is 1. The zero-order chi connectivity index (χ0) is 18.5. The molecule has 26 heavy (non-hydrogen) atoms. The van der Waals surface area contributed by atoms with E-state index in [0.29, 0.717) is 18.7 Å². The van der Waals surface area contributed by atoms with Gasteiger partial charge in [-0.1, -0.05) is 29.4 Å².